The fraction of sp³-hybridized carbons (Fsp3) is 0.650. The van der Waals surface area contributed by atoms with Crippen LogP contribution in [0.4, 0.5) is 0 Å². The first-order chi connectivity index (χ1) is 11.8. The fourth-order valence-electron chi connectivity index (χ4n) is 3.07. The maximum absolute atomic E-state index is 13.0. The number of amides is 1. The van der Waals surface area contributed by atoms with Gasteiger partial charge in [0.2, 0.25) is 5.91 Å². The Morgan fingerprint density at radius 3 is 2.28 bits per heavy atom. The Bertz CT molecular complexity index is 547. The minimum Gasteiger partial charge on any atom is -0.493 e. The van der Waals surface area contributed by atoms with Crippen molar-refractivity contribution in [2.75, 3.05) is 45.9 Å². The summed E-state index contributed by atoms with van der Waals surface area (Å²) < 4.78 is 5.73. The van der Waals surface area contributed by atoms with Crippen LogP contribution in [0.1, 0.15) is 33.3 Å². The molecule has 0 radical (unpaired) electrons. The molecule has 1 N–H and O–H groups in total. The predicted octanol–water partition coefficient (Wildman–Crippen LogP) is 2.14. The zero-order chi connectivity index (χ0) is 18.4. The lowest BCUT2D eigenvalue weighted by molar-refractivity contribution is -0.138. The highest BCUT2D eigenvalue weighted by atomic mass is 16.5. The molecule has 0 bridgehead atoms. The Hall–Kier alpha value is -1.59. The van der Waals surface area contributed by atoms with E-state index >= 15 is 0 Å². The third-order valence-corrected chi connectivity index (χ3v) is 4.77. The number of ether oxygens (including phenoxy) is 1. The second-order valence-corrected chi connectivity index (χ2v) is 7.71. The number of hydrogen-bond donors (Lipinski definition) is 1. The SMILES string of the molecule is CC(C)COc1ccc(C(C)(C)C(=O)N2CCN(CCO)CC2)cc1. The number of carbonyl (C=O) groups excluding carboxylic acids is 1. The normalized spacial score (nSPS) is 16.3. The highest BCUT2D eigenvalue weighted by molar-refractivity contribution is 5.87. The number of β-amino-alcohol motifs (C(OH)–C–C–N with tert-alkyl or cyclic N) is 1. The summed E-state index contributed by atoms with van der Waals surface area (Å²) in [6.07, 6.45) is 0. The minimum atomic E-state index is -0.560. The van der Waals surface area contributed by atoms with Crippen molar-refractivity contribution in [2.24, 2.45) is 5.92 Å². The molecule has 2 rings (SSSR count). The van der Waals surface area contributed by atoms with Gasteiger partial charge in [0, 0.05) is 32.7 Å². The minimum absolute atomic E-state index is 0.159. The van der Waals surface area contributed by atoms with E-state index < -0.39 is 5.41 Å². The molecule has 1 amide bonds. The van der Waals surface area contributed by atoms with Gasteiger partial charge in [0.15, 0.2) is 0 Å². The van der Waals surface area contributed by atoms with E-state index in [2.05, 4.69) is 18.7 Å². The maximum Gasteiger partial charge on any atom is 0.232 e. The first-order valence-corrected chi connectivity index (χ1v) is 9.20. The molecule has 0 spiro atoms. The third-order valence-electron chi connectivity index (χ3n) is 4.77. The van der Waals surface area contributed by atoms with Crippen LogP contribution in [0.25, 0.3) is 0 Å². The Kier molecular flexibility index (Phi) is 6.85. The molecule has 0 aromatic heterocycles. The van der Waals surface area contributed by atoms with Crippen LogP contribution < -0.4 is 4.74 Å². The number of piperazine rings is 1. The molecular formula is C20H32N2O3. The van der Waals surface area contributed by atoms with Crippen molar-refractivity contribution in [3.05, 3.63) is 29.8 Å². The van der Waals surface area contributed by atoms with Crippen LogP contribution in [0.15, 0.2) is 24.3 Å². The zero-order valence-corrected chi connectivity index (χ0v) is 16.0. The largest absolute Gasteiger partial charge is 0.493 e. The first kappa shape index (κ1) is 19.7. The van der Waals surface area contributed by atoms with E-state index in [0.717, 1.165) is 37.5 Å². The van der Waals surface area contributed by atoms with Crippen LogP contribution >= 0.6 is 0 Å². The van der Waals surface area contributed by atoms with Gasteiger partial charge in [-0.2, -0.15) is 0 Å². The molecule has 0 atom stereocenters. The van der Waals surface area contributed by atoms with Crippen molar-refractivity contribution in [3.8, 4) is 5.75 Å². The topological polar surface area (TPSA) is 53.0 Å². The summed E-state index contributed by atoms with van der Waals surface area (Å²) in [5, 5.41) is 9.03. The number of hydrogen-bond acceptors (Lipinski definition) is 4. The highest BCUT2D eigenvalue weighted by Crippen LogP contribution is 2.28. The number of aliphatic hydroxyl groups is 1. The zero-order valence-electron chi connectivity index (χ0n) is 16.0. The standard InChI is InChI=1S/C20H32N2O3/c1-16(2)15-25-18-7-5-17(6-8-18)20(3,4)19(24)22-11-9-21(10-12-22)13-14-23/h5-8,16,23H,9-15H2,1-4H3. The van der Waals surface area contributed by atoms with Crippen molar-refractivity contribution in [1.82, 2.24) is 9.80 Å². The average Bonchev–Trinajstić information content (AvgIpc) is 2.60. The first-order valence-electron chi connectivity index (χ1n) is 9.20. The van der Waals surface area contributed by atoms with Gasteiger partial charge in [-0.05, 0) is 37.5 Å². The molecule has 0 aliphatic carbocycles. The van der Waals surface area contributed by atoms with Gasteiger partial charge in [0.25, 0.3) is 0 Å². The van der Waals surface area contributed by atoms with Gasteiger partial charge in [0.05, 0.1) is 18.6 Å². The molecule has 1 fully saturated rings. The number of rotatable bonds is 7. The van der Waals surface area contributed by atoms with E-state index in [9.17, 15) is 4.79 Å². The molecule has 1 saturated heterocycles. The molecule has 5 nitrogen and oxygen atoms in total. The smallest absolute Gasteiger partial charge is 0.232 e. The van der Waals surface area contributed by atoms with Crippen molar-refractivity contribution in [3.63, 3.8) is 0 Å². The number of benzene rings is 1. The highest BCUT2D eigenvalue weighted by Gasteiger charge is 2.35. The van der Waals surface area contributed by atoms with Gasteiger partial charge in [-0.1, -0.05) is 26.0 Å². The van der Waals surface area contributed by atoms with Crippen LogP contribution in [0.5, 0.6) is 5.75 Å². The summed E-state index contributed by atoms with van der Waals surface area (Å²) in [5.74, 6) is 1.49. The van der Waals surface area contributed by atoms with Gasteiger partial charge in [-0.15, -0.1) is 0 Å². The molecule has 0 unspecified atom stereocenters. The van der Waals surface area contributed by atoms with E-state index in [4.69, 9.17) is 9.84 Å². The van der Waals surface area contributed by atoms with Crippen LogP contribution in [0.2, 0.25) is 0 Å². The monoisotopic (exact) mass is 348 g/mol. The molecule has 25 heavy (non-hydrogen) atoms. The van der Waals surface area contributed by atoms with Gasteiger partial charge in [0.1, 0.15) is 5.75 Å². The van der Waals surface area contributed by atoms with Crippen LogP contribution in [-0.2, 0) is 10.2 Å². The number of carbonyl (C=O) groups is 1. The predicted molar refractivity (Wildman–Crippen MR) is 99.9 cm³/mol. The van der Waals surface area contributed by atoms with Crippen LogP contribution in [0.3, 0.4) is 0 Å². The summed E-state index contributed by atoms with van der Waals surface area (Å²) >= 11 is 0. The summed E-state index contributed by atoms with van der Waals surface area (Å²) in [6, 6.07) is 7.89. The van der Waals surface area contributed by atoms with E-state index in [1.54, 1.807) is 0 Å². The quantitative estimate of drug-likeness (QED) is 0.820. The Labute approximate surface area is 151 Å². The lowest BCUT2D eigenvalue weighted by Crippen LogP contribution is -2.53. The molecule has 1 aliphatic heterocycles. The third kappa shape index (κ3) is 5.19. The molecule has 1 aromatic rings. The average molecular weight is 348 g/mol. The lowest BCUT2D eigenvalue weighted by atomic mass is 9.83. The van der Waals surface area contributed by atoms with Crippen molar-refractivity contribution >= 4 is 5.91 Å². The fourth-order valence-corrected chi connectivity index (χ4v) is 3.07. The second kappa shape index (κ2) is 8.68. The Balaban J connectivity index is 1.98. The van der Waals surface area contributed by atoms with Gasteiger partial charge in [-0.25, -0.2) is 0 Å². The molecule has 1 aliphatic rings. The van der Waals surface area contributed by atoms with E-state index in [1.807, 2.05) is 43.0 Å². The van der Waals surface area contributed by atoms with Crippen molar-refractivity contribution < 1.29 is 14.6 Å². The second-order valence-electron chi connectivity index (χ2n) is 7.71. The Morgan fingerprint density at radius 1 is 1.16 bits per heavy atom. The molecule has 1 aromatic carbocycles. The molecule has 0 saturated carbocycles. The molecule has 140 valence electrons. The van der Waals surface area contributed by atoms with Gasteiger partial charge < -0.3 is 14.7 Å². The summed E-state index contributed by atoms with van der Waals surface area (Å²) in [4.78, 5) is 17.1. The molecular weight excluding hydrogens is 316 g/mol. The van der Waals surface area contributed by atoms with Gasteiger partial charge >= 0.3 is 0 Å². The van der Waals surface area contributed by atoms with Crippen LogP contribution in [-0.4, -0.2) is 66.8 Å². The van der Waals surface area contributed by atoms with E-state index in [0.29, 0.717) is 19.1 Å². The van der Waals surface area contributed by atoms with Gasteiger partial charge in [-0.3, -0.25) is 9.69 Å². The molecule has 5 heteroatoms. The lowest BCUT2D eigenvalue weighted by Gasteiger charge is -2.38. The number of nitrogens with zero attached hydrogens (tertiary/aromatic N) is 2. The summed E-state index contributed by atoms with van der Waals surface area (Å²) in [7, 11) is 0. The number of aliphatic hydroxyl groups excluding tert-OH is 1. The maximum atomic E-state index is 13.0. The van der Waals surface area contributed by atoms with Crippen molar-refractivity contribution in [1.29, 1.82) is 0 Å². The van der Waals surface area contributed by atoms with Crippen LogP contribution in [0, 0.1) is 5.92 Å². The summed E-state index contributed by atoms with van der Waals surface area (Å²) in [6.45, 7) is 12.9. The summed E-state index contributed by atoms with van der Waals surface area (Å²) in [5.41, 5.74) is 0.447. The van der Waals surface area contributed by atoms with Crippen molar-refractivity contribution in [2.45, 2.75) is 33.1 Å². The van der Waals surface area contributed by atoms with E-state index in [1.165, 1.54) is 0 Å². The molecule has 1 heterocycles. The van der Waals surface area contributed by atoms with E-state index in [-0.39, 0.29) is 12.5 Å². The Morgan fingerprint density at radius 2 is 1.76 bits per heavy atom.